The van der Waals surface area contributed by atoms with Gasteiger partial charge in [-0.2, -0.15) is 0 Å². The van der Waals surface area contributed by atoms with Crippen LogP contribution >= 0.6 is 11.3 Å². The summed E-state index contributed by atoms with van der Waals surface area (Å²) in [5.41, 5.74) is 2.57. The topological polar surface area (TPSA) is 55.7 Å². The van der Waals surface area contributed by atoms with Crippen molar-refractivity contribution in [2.24, 2.45) is 0 Å². The molecule has 4 heterocycles. The molecule has 2 aromatic heterocycles. The molecule has 2 aromatic rings. The van der Waals surface area contributed by atoms with E-state index in [1.807, 2.05) is 23.7 Å². The number of rotatable bonds is 5. The predicted octanol–water partition coefficient (Wildman–Crippen LogP) is 1.08. The molecule has 2 fully saturated rings. The highest BCUT2D eigenvalue weighted by Gasteiger charge is 2.34. The van der Waals surface area contributed by atoms with Gasteiger partial charge in [0.15, 0.2) is 0 Å². The van der Waals surface area contributed by atoms with Gasteiger partial charge in [0.2, 0.25) is 0 Å². The number of pyridine rings is 1. The van der Waals surface area contributed by atoms with Crippen LogP contribution in [0, 0.1) is 0 Å². The summed E-state index contributed by atoms with van der Waals surface area (Å²) in [7, 11) is 0. The van der Waals surface area contributed by atoms with Crippen molar-refractivity contribution in [1.29, 1.82) is 0 Å². The average Bonchev–Trinajstić information content (AvgIpc) is 3.13. The van der Waals surface area contributed by atoms with E-state index in [0.29, 0.717) is 12.6 Å². The molecule has 0 aromatic carbocycles. The number of aliphatic hydroxyl groups is 1. The fourth-order valence-corrected chi connectivity index (χ4v) is 4.10. The van der Waals surface area contributed by atoms with Crippen LogP contribution in [0.4, 0.5) is 5.82 Å². The van der Waals surface area contributed by atoms with Crippen LogP contribution in [0.2, 0.25) is 0 Å². The largest absolute Gasteiger partial charge is 0.385 e. The fourth-order valence-electron chi connectivity index (χ4n) is 3.50. The molecule has 24 heavy (non-hydrogen) atoms. The van der Waals surface area contributed by atoms with Crippen molar-refractivity contribution in [3.05, 3.63) is 41.0 Å². The van der Waals surface area contributed by atoms with Crippen LogP contribution in [0.25, 0.3) is 0 Å². The van der Waals surface area contributed by atoms with Gasteiger partial charge in [-0.1, -0.05) is 6.07 Å². The lowest BCUT2D eigenvalue weighted by atomic mass is 10.0. The molecular formula is C17H23N5OS. The van der Waals surface area contributed by atoms with Gasteiger partial charge in [0.05, 0.1) is 11.2 Å². The van der Waals surface area contributed by atoms with Crippen molar-refractivity contribution >= 4 is 17.2 Å². The Morgan fingerprint density at radius 3 is 2.67 bits per heavy atom. The Balaban J connectivity index is 1.21. The average molecular weight is 345 g/mol. The number of likely N-dealkylation sites (tertiary alicyclic amines) is 1. The van der Waals surface area contributed by atoms with Gasteiger partial charge in [-0.3, -0.25) is 9.80 Å². The highest BCUT2D eigenvalue weighted by atomic mass is 32.1. The molecule has 0 aliphatic carbocycles. The summed E-state index contributed by atoms with van der Waals surface area (Å²) >= 11 is 1.53. The number of nitrogens with zero attached hydrogens (tertiary/aromatic N) is 5. The molecule has 4 rings (SSSR count). The second kappa shape index (κ2) is 7.14. The lowest BCUT2D eigenvalue weighted by molar-refractivity contribution is 0.000416. The first-order valence-corrected chi connectivity index (χ1v) is 9.42. The Bertz CT molecular complexity index is 624. The molecule has 1 N–H and O–H groups in total. The molecular weight excluding hydrogens is 322 g/mol. The lowest BCUT2D eigenvalue weighted by Gasteiger charge is -2.48. The molecule has 7 heteroatoms. The molecule has 6 nitrogen and oxygen atoms in total. The van der Waals surface area contributed by atoms with Crippen molar-refractivity contribution in [2.45, 2.75) is 12.1 Å². The Hall–Kier alpha value is -1.54. The minimum absolute atomic E-state index is 0.460. The van der Waals surface area contributed by atoms with Gasteiger partial charge in [0, 0.05) is 63.4 Å². The summed E-state index contributed by atoms with van der Waals surface area (Å²) in [6, 6.07) is 6.72. The minimum Gasteiger partial charge on any atom is -0.385 e. The molecule has 0 saturated carbocycles. The van der Waals surface area contributed by atoms with Gasteiger partial charge < -0.3 is 10.0 Å². The molecule has 1 atom stereocenters. The van der Waals surface area contributed by atoms with Gasteiger partial charge in [-0.15, -0.1) is 11.3 Å². The number of anilines is 1. The highest BCUT2D eigenvalue weighted by molar-refractivity contribution is 7.07. The molecule has 128 valence electrons. The van der Waals surface area contributed by atoms with Crippen LogP contribution in [0.1, 0.15) is 11.8 Å². The summed E-state index contributed by atoms with van der Waals surface area (Å²) in [5, 5.41) is 12.1. The number of thiazole rings is 1. The third kappa shape index (κ3) is 3.44. The maximum atomic E-state index is 10.2. The second-order valence-corrected chi connectivity index (χ2v) is 7.23. The third-order valence-electron chi connectivity index (χ3n) is 4.97. The van der Waals surface area contributed by atoms with Crippen LogP contribution < -0.4 is 4.90 Å². The maximum absolute atomic E-state index is 10.2. The van der Waals surface area contributed by atoms with Gasteiger partial charge in [0.25, 0.3) is 0 Å². The predicted molar refractivity (Wildman–Crippen MR) is 95.3 cm³/mol. The maximum Gasteiger partial charge on any atom is 0.128 e. The Morgan fingerprint density at radius 2 is 2.00 bits per heavy atom. The number of hydrogen-bond acceptors (Lipinski definition) is 7. The van der Waals surface area contributed by atoms with E-state index in [2.05, 4.69) is 30.7 Å². The van der Waals surface area contributed by atoms with E-state index < -0.39 is 6.10 Å². The minimum atomic E-state index is -0.460. The first-order valence-electron chi connectivity index (χ1n) is 8.48. The van der Waals surface area contributed by atoms with Crippen molar-refractivity contribution in [3.8, 4) is 0 Å². The van der Waals surface area contributed by atoms with Crippen molar-refractivity contribution in [1.82, 2.24) is 19.8 Å². The number of β-amino-alcohol motifs (C(OH)–C–C–N with tert-alkyl or cyclic N) is 1. The molecule has 0 amide bonds. The number of piperazine rings is 1. The van der Waals surface area contributed by atoms with Gasteiger partial charge in [-0.25, -0.2) is 9.97 Å². The Morgan fingerprint density at radius 1 is 1.17 bits per heavy atom. The zero-order valence-corrected chi connectivity index (χ0v) is 14.5. The van der Waals surface area contributed by atoms with E-state index in [0.717, 1.165) is 50.8 Å². The standard InChI is InChI=1S/C17H23N5OS/c23-16(15-12-24-13-19-15)11-20-9-14(10-20)21-5-7-22(8-6-21)17-3-1-2-4-18-17/h1-4,12-14,16,23H,5-11H2. The fraction of sp³-hybridized carbons (Fsp3) is 0.529. The van der Waals surface area contributed by atoms with Crippen LogP contribution in [0.15, 0.2) is 35.3 Å². The smallest absolute Gasteiger partial charge is 0.128 e. The number of aromatic nitrogens is 2. The summed E-state index contributed by atoms with van der Waals surface area (Å²) in [5.74, 6) is 1.08. The normalized spacial score (nSPS) is 21.6. The Labute approximate surface area is 146 Å². The molecule has 1 unspecified atom stereocenters. The third-order valence-corrected chi connectivity index (χ3v) is 5.57. The van der Waals surface area contributed by atoms with Crippen LogP contribution in [0.5, 0.6) is 0 Å². The molecule has 0 spiro atoms. The quantitative estimate of drug-likeness (QED) is 0.875. The summed E-state index contributed by atoms with van der Waals surface area (Å²) in [6.07, 6.45) is 1.40. The van der Waals surface area contributed by atoms with Crippen molar-refractivity contribution in [2.75, 3.05) is 50.7 Å². The van der Waals surface area contributed by atoms with E-state index in [9.17, 15) is 5.11 Å². The monoisotopic (exact) mass is 345 g/mol. The molecule has 0 bridgehead atoms. The second-order valence-electron chi connectivity index (χ2n) is 6.51. The SMILES string of the molecule is OC(CN1CC(N2CCN(c3ccccn3)CC2)C1)c1cscn1. The first kappa shape index (κ1) is 16.0. The zero-order valence-electron chi connectivity index (χ0n) is 13.7. The van der Waals surface area contributed by atoms with E-state index >= 15 is 0 Å². The molecule has 2 aliphatic heterocycles. The molecule has 2 saturated heterocycles. The summed E-state index contributed by atoms with van der Waals surface area (Å²) in [4.78, 5) is 15.9. The summed E-state index contributed by atoms with van der Waals surface area (Å²) < 4.78 is 0. The van der Waals surface area contributed by atoms with Crippen LogP contribution in [0.3, 0.4) is 0 Å². The zero-order chi connectivity index (χ0) is 16.4. The Kier molecular flexibility index (Phi) is 4.75. The van der Waals surface area contributed by atoms with Gasteiger partial charge in [-0.05, 0) is 12.1 Å². The van der Waals surface area contributed by atoms with E-state index in [1.54, 1.807) is 5.51 Å². The van der Waals surface area contributed by atoms with Crippen molar-refractivity contribution < 1.29 is 5.11 Å². The highest BCUT2D eigenvalue weighted by Crippen LogP contribution is 2.22. The van der Waals surface area contributed by atoms with Gasteiger partial charge >= 0.3 is 0 Å². The molecule has 0 radical (unpaired) electrons. The number of hydrogen-bond donors (Lipinski definition) is 1. The number of aliphatic hydroxyl groups excluding tert-OH is 1. The van der Waals surface area contributed by atoms with Gasteiger partial charge in [0.1, 0.15) is 11.9 Å². The van der Waals surface area contributed by atoms with E-state index in [4.69, 9.17) is 0 Å². The van der Waals surface area contributed by atoms with E-state index in [-0.39, 0.29) is 0 Å². The lowest BCUT2D eigenvalue weighted by Crippen LogP contribution is -2.63. The first-order chi connectivity index (χ1) is 11.8. The van der Waals surface area contributed by atoms with Crippen LogP contribution in [-0.2, 0) is 0 Å². The van der Waals surface area contributed by atoms with Crippen molar-refractivity contribution in [3.63, 3.8) is 0 Å². The van der Waals surface area contributed by atoms with Crippen LogP contribution in [-0.4, -0.2) is 76.7 Å². The summed E-state index contributed by atoms with van der Waals surface area (Å²) in [6.45, 7) is 7.03. The van der Waals surface area contributed by atoms with E-state index in [1.165, 1.54) is 11.3 Å². The molecule has 2 aliphatic rings.